The highest BCUT2D eigenvalue weighted by Gasteiger charge is 2.20. The molecule has 0 aromatic carbocycles. The summed E-state index contributed by atoms with van der Waals surface area (Å²) in [4.78, 5) is 5.61. The predicted molar refractivity (Wildman–Crippen MR) is 71.7 cm³/mol. The molecule has 2 heterocycles. The van der Waals surface area contributed by atoms with Crippen LogP contribution in [0, 0.1) is 6.92 Å². The minimum atomic E-state index is 0.721. The number of hydrogen-bond donors (Lipinski definition) is 1. The van der Waals surface area contributed by atoms with Crippen LogP contribution in [0.15, 0.2) is 45.0 Å². The van der Waals surface area contributed by atoms with Gasteiger partial charge in [-0.2, -0.15) is 0 Å². The third-order valence-corrected chi connectivity index (χ3v) is 4.23. The van der Waals surface area contributed by atoms with Crippen LogP contribution in [0.1, 0.15) is 24.2 Å². The van der Waals surface area contributed by atoms with Crippen LogP contribution in [0.25, 0.3) is 0 Å². The summed E-state index contributed by atoms with van der Waals surface area (Å²) in [5.41, 5.74) is 1.26. The summed E-state index contributed by atoms with van der Waals surface area (Å²) in [6, 6.07) is 6.85. The van der Waals surface area contributed by atoms with E-state index in [1.807, 2.05) is 25.3 Å². The molecule has 3 nitrogen and oxygen atoms in total. The maximum atomic E-state index is 5.32. The fourth-order valence-electron chi connectivity index (χ4n) is 1.78. The first-order valence-electron chi connectivity index (χ1n) is 6.22. The number of nitrogens with zero attached hydrogens (tertiary/aromatic N) is 1. The molecule has 0 saturated heterocycles. The molecule has 0 radical (unpaired) electrons. The van der Waals surface area contributed by atoms with Crippen LogP contribution in [-0.4, -0.2) is 11.0 Å². The summed E-state index contributed by atoms with van der Waals surface area (Å²) in [6.45, 7) is 2.88. The first kappa shape index (κ1) is 11.8. The summed E-state index contributed by atoms with van der Waals surface area (Å²) in [7, 11) is 0. The molecule has 18 heavy (non-hydrogen) atoms. The van der Waals surface area contributed by atoms with E-state index in [1.54, 1.807) is 18.0 Å². The molecule has 1 N–H and O–H groups in total. The molecule has 2 aromatic heterocycles. The molecular weight excluding hydrogens is 244 g/mol. The number of furan rings is 1. The Morgan fingerprint density at radius 2 is 2.33 bits per heavy atom. The standard InChI is InChI=1S/C14H16N2OS/c1-10-13(6-8-17-10)18-14-11(3-2-7-15-14)9-16-12-4-5-12/h2-3,6-8,12,16H,4-5,9H2,1H3. The molecule has 1 aliphatic rings. The van der Waals surface area contributed by atoms with Crippen LogP contribution in [0.3, 0.4) is 0 Å². The number of aryl methyl sites for hydroxylation is 1. The van der Waals surface area contributed by atoms with Crippen molar-refractivity contribution in [1.82, 2.24) is 10.3 Å². The Morgan fingerprint density at radius 3 is 3.06 bits per heavy atom. The Balaban J connectivity index is 1.75. The molecule has 94 valence electrons. The first-order valence-corrected chi connectivity index (χ1v) is 7.04. The maximum Gasteiger partial charge on any atom is 0.114 e. The first-order chi connectivity index (χ1) is 8.83. The Bertz CT molecular complexity index is 534. The molecule has 0 unspecified atom stereocenters. The fourth-order valence-corrected chi connectivity index (χ4v) is 2.68. The maximum absolute atomic E-state index is 5.32. The van der Waals surface area contributed by atoms with Gasteiger partial charge in [0.15, 0.2) is 0 Å². The van der Waals surface area contributed by atoms with Gasteiger partial charge in [-0.25, -0.2) is 4.98 Å². The molecule has 0 amide bonds. The lowest BCUT2D eigenvalue weighted by molar-refractivity contribution is 0.527. The van der Waals surface area contributed by atoms with Gasteiger partial charge in [0.2, 0.25) is 0 Å². The molecule has 0 bridgehead atoms. The molecule has 3 rings (SSSR count). The van der Waals surface area contributed by atoms with E-state index in [1.165, 1.54) is 18.4 Å². The topological polar surface area (TPSA) is 38.1 Å². The lowest BCUT2D eigenvalue weighted by Gasteiger charge is -2.08. The second kappa shape index (κ2) is 5.16. The molecule has 0 aliphatic heterocycles. The average molecular weight is 260 g/mol. The number of pyridine rings is 1. The largest absolute Gasteiger partial charge is 0.468 e. The van der Waals surface area contributed by atoms with Gasteiger partial charge in [-0.1, -0.05) is 17.8 Å². The van der Waals surface area contributed by atoms with Gasteiger partial charge in [0.1, 0.15) is 10.8 Å². The van der Waals surface area contributed by atoms with Crippen molar-refractivity contribution in [3.05, 3.63) is 42.0 Å². The molecule has 0 atom stereocenters. The van der Waals surface area contributed by atoms with Gasteiger partial charge in [-0.05, 0) is 37.5 Å². The van der Waals surface area contributed by atoms with Gasteiger partial charge in [-0.3, -0.25) is 0 Å². The molecular formula is C14H16N2OS. The van der Waals surface area contributed by atoms with Crippen molar-refractivity contribution < 1.29 is 4.42 Å². The lowest BCUT2D eigenvalue weighted by Crippen LogP contribution is -2.16. The highest BCUT2D eigenvalue weighted by atomic mass is 32.2. The molecule has 1 aliphatic carbocycles. The van der Waals surface area contributed by atoms with E-state index in [4.69, 9.17) is 4.42 Å². The monoisotopic (exact) mass is 260 g/mol. The minimum absolute atomic E-state index is 0.721. The van der Waals surface area contributed by atoms with E-state index >= 15 is 0 Å². The molecule has 1 fully saturated rings. The van der Waals surface area contributed by atoms with Crippen LogP contribution >= 0.6 is 11.8 Å². The quantitative estimate of drug-likeness (QED) is 0.894. The zero-order valence-electron chi connectivity index (χ0n) is 10.3. The van der Waals surface area contributed by atoms with Crippen LogP contribution in [0.2, 0.25) is 0 Å². The number of aromatic nitrogens is 1. The Hall–Kier alpha value is -1.26. The van der Waals surface area contributed by atoms with Crippen LogP contribution < -0.4 is 5.32 Å². The Kier molecular flexibility index (Phi) is 3.39. The van der Waals surface area contributed by atoms with Crippen molar-refractivity contribution in [2.24, 2.45) is 0 Å². The molecule has 0 spiro atoms. The number of hydrogen-bond acceptors (Lipinski definition) is 4. The molecule has 2 aromatic rings. The number of rotatable bonds is 5. The van der Waals surface area contributed by atoms with E-state index in [9.17, 15) is 0 Å². The van der Waals surface area contributed by atoms with Gasteiger partial charge in [0, 0.05) is 18.8 Å². The smallest absolute Gasteiger partial charge is 0.114 e. The predicted octanol–water partition coefficient (Wildman–Crippen LogP) is 3.39. The van der Waals surface area contributed by atoms with Crippen molar-refractivity contribution in [3.63, 3.8) is 0 Å². The normalized spacial score (nSPS) is 14.9. The van der Waals surface area contributed by atoms with Crippen molar-refractivity contribution >= 4 is 11.8 Å². The van der Waals surface area contributed by atoms with Gasteiger partial charge in [0.25, 0.3) is 0 Å². The average Bonchev–Trinajstić information content (AvgIpc) is 3.13. The van der Waals surface area contributed by atoms with Crippen molar-refractivity contribution in [1.29, 1.82) is 0 Å². The van der Waals surface area contributed by atoms with Crippen LogP contribution in [0.4, 0.5) is 0 Å². The zero-order chi connectivity index (χ0) is 12.4. The van der Waals surface area contributed by atoms with E-state index in [0.717, 1.165) is 28.3 Å². The summed E-state index contributed by atoms with van der Waals surface area (Å²) in [5, 5.41) is 4.60. The second-order valence-corrected chi connectivity index (χ2v) is 5.60. The third-order valence-electron chi connectivity index (χ3n) is 3.03. The Labute approximate surface area is 111 Å². The summed E-state index contributed by atoms with van der Waals surface area (Å²) in [6.07, 6.45) is 6.19. The number of nitrogens with one attached hydrogen (secondary N) is 1. The Morgan fingerprint density at radius 1 is 1.44 bits per heavy atom. The van der Waals surface area contributed by atoms with E-state index in [0.29, 0.717) is 0 Å². The van der Waals surface area contributed by atoms with Crippen LogP contribution in [0.5, 0.6) is 0 Å². The summed E-state index contributed by atoms with van der Waals surface area (Å²) >= 11 is 1.67. The van der Waals surface area contributed by atoms with Gasteiger partial charge < -0.3 is 9.73 Å². The van der Waals surface area contributed by atoms with Gasteiger partial charge in [0.05, 0.1) is 11.2 Å². The van der Waals surface area contributed by atoms with Crippen LogP contribution in [-0.2, 0) is 6.54 Å². The van der Waals surface area contributed by atoms with E-state index in [-0.39, 0.29) is 0 Å². The van der Waals surface area contributed by atoms with E-state index < -0.39 is 0 Å². The van der Waals surface area contributed by atoms with Crippen molar-refractivity contribution in [2.75, 3.05) is 0 Å². The SMILES string of the molecule is Cc1occc1Sc1ncccc1CNC1CC1. The minimum Gasteiger partial charge on any atom is -0.468 e. The van der Waals surface area contributed by atoms with Gasteiger partial charge >= 0.3 is 0 Å². The molecule has 1 saturated carbocycles. The summed E-state index contributed by atoms with van der Waals surface area (Å²) in [5.74, 6) is 0.951. The highest BCUT2D eigenvalue weighted by Crippen LogP contribution is 2.32. The van der Waals surface area contributed by atoms with Gasteiger partial charge in [-0.15, -0.1) is 0 Å². The van der Waals surface area contributed by atoms with Crippen molar-refractivity contribution in [2.45, 2.75) is 42.3 Å². The fraction of sp³-hybridized carbons (Fsp3) is 0.357. The second-order valence-electron chi connectivity index (χ2n) is 4.57. The molecule has 4 heteroatoms. The third kappa shape index (κ3) is 2.76. The highest BCUT2D eigenvalue weighted by molar-refractivity contribution is 7.99. The zero-order valence-corrected chi connectivity index (χ0v) is 11.2. The van der Waals surface area contributed by atoms with Crippen molar-refractivity contribution in [3.8, 4) is 0 Å². The van der Waals surface area contributed by atoms with E-state index in [2.05, 4.69) is 16.4 Å². The lowest BCUT2D eigenvalue weighted by atomic mass is 10.3. The summed E-state index contributed by atoms with van der Waals surface area (Å²) < 4.78 is 5.32.